The molecule has 0 aliphatic carbocycles. The number of aryl methyl sites for hydroxylation is 1. The van der Waals surface area contributed by atoms with E-state index in [1.165, 1.54) is 4.90 Å². The highest BCUT2D eigenvalue weighted by atomic mass is 16.2. The van der Waals surface area contributed by atoms with Gasteiger partial charge in [0.1, 0.15) is 0 Å². The Morgan fingerprint density at radius 1 is 1.26 bits per heavy atom. The predicted molar refractivity (Wildman–Crippen MR) is 75.0 cm³/mol. The topological polar surface area (TPSA) is 49.4 Å². The third kappa shape index (κ3) is 3.01. The van der Waals surface area contributed by atoms with Gasteiger partial charge in [0.05, 0.1) is 18.2 Å². The average molecular weight is 260 g/mol. The molecule has 0 radical (unpaired) electrons. The summed E-state index contributed by atoms with van der Waals surface area (Å²) in [4.78, 5) is 25.7. The molecule has 1 aliphatic heterocycles. The lowest BCUT2D eigenvalue weighted by Crippen LogP contribution is -2.47. The summed E-state index contributed by atoms with van der Waals surface area (Å²) < 4.78 is 0. The van der Waals surface area contributed by atoms with E-state index in [0.717, 1.165) is 5.56 Å². The number of hydrogen-bond acceptors (Lipinski definition) is 3. The molecule has 0 bridgehead atoms. The van der Waals surface area contributed by atoms with E-state index in [1.54, 1.807) is 6.07 Å². The Morgan fingerprint density at radius 2 is 1.95 bits per heavy atom. The van der Waals surface area contributed by atoms with Gasteiger partial charge in [-0.1, -0.05) is 12.1 Å². The second kappa shape index (κ2) is 4.78. The standard InChI is InChI=1S/C15H20N2O2/c1-10-6-5-7-11(8-10)17-13(18)9-12(14(17)19)16-15(2,3)4/h5-8,12,16H,9H2,1-4H3. The number of amides is 2. The molecule has 1 atom stereocenters. The van der Waals surface area contributed by atoms with E-state index in [-0.39, 0.29) is 23.8 Å². The van der Waals surface area contributed by atoms with Crippen molar-refractivity contribution in [2.24, 2.45) is 0 Å². The number of carbonyl (C=O) groups excluding carboxylic acids is 2. The lowest BCUT2D eigenvalue weighted by Gasteiger charge is -2.24. The van der Waals surface area contributed by atoms with Crippen LogP contribution in [0.25, 0.3) is 0 Å². The van der Waals surface area contributed by atoms with E-state index in [2.05, 4.69) is 5.32 Å². The van der Waals surface area contributed by atoms with Gasteiger partial charge in [-0.05, 0) is 45.4 Å². The zero-order valence-electron chi connectivity index (χ0n) is 11.9. The molecule has 1 fully saturated rings. The molecule has 1 aromatic rings. The van der Waals surface area contributed by atoms with Crippen molar-refractivity contribution >= 4 is 17.5 Å². The molecule has 1 aliphatic rings. The first-order chi connectivity index (χ1) is 8.78. The number of nitrogens with zero attached hydrogens (tertiary/aromatic N) is 1. The molecule has 19 heavy (non-hydrogen) atoms. The maximum absolute atomic E-state index is 12.3. The Balaban J connectivity index is 2.24. The number of imide groups is 1. The monoisotopic (exact) mass is 260 g/mol. The number of benzene rings is 1. The van der Waals surface area contributed by atoms with Gasteiger partial charge < -0.3 is 5.32 Å². The van der Waals surface area contributed by atoms with Crippen LogP contribution in [0.2, 0.25) is 0 Å². The first-order valence-corrected chi connectivity index (χ1v) is 6.49. The Labute approximate surface area is 113 Å². The van der Waals surface area contributed by atoms with Crippen LogP contribution < -0.4 is 10.2 Å². The average Bonchev–Trinajstić information content (AvgIpc) is 2.51. The first kappa shape index (κ1) is 13.7. The minimum Gasteiger partial charge on any atom is -0.301 e. The van der Waals surface area contributed by atoms with Crippen LogP contribution in [0.3, 0.4) is 0 Å². The molecule has 4 nitrogen and oxygen atoms in total. The van der Waals surface area contributed by atoms with Crippen LogP contribution in [-0.4, -0.2) is 23.4 Å². The molecule has 0 aromatic heterocycles. The van der Waals surface area contributed by atoms with Gasteiger partial charge in [0.15, 0.2) is 0 Å². The molecule has 0 spiro atoms. The highest BCUT2D eigenvalue weighted by Gasteiger charge is 2.40. The molecule has 1 saturated heterocycles. The molecule has 1 unspecified atom stereocenters. The van der Waals surface area contributed by atoms with Gasteiger partial charge in [-0.2, -0.15) is 0 Å². The van der Waals surface area contributed by atoms with Gasteiger partial charge >= 0.3 is 0 Å². The molecule has 1 heterocycles. The van der Waals surface area contributed by atoms with Crippen LogP contribution in [0.5, 0.6) is 0 Å². The van der Waals surface area contributed by atoms with Gasteiger partial charge in [-0.25, -0.2) is 4.90 Å². The maximum atomic E-state index is 12.3. The SMILES string of the molecule is Cc1cccc(N2C(=O)CC(NC(C)(C)C)C2=O)c1. The normalized spacial score (nSPS) is 20.2. The summed E-state index contributed by atoms with van der Waals surface area (Å²) in [5.74, 6) is -0.303. The van der Waals surface area contributed by atoms with Crippen LogP contribution in [0.1, 0.15) is 32.8 Å². The molecule has 2 amide bonds. The predicted octanol–water partition coefficient (Wildman–Crippen LogP) is 2.02. The van der Waals surface area contributed by atoms with E-state index in [1.807, 2.05) is 45.9 Å². The molecule has 4 heteroatoms. The van der Waals surface area contributed by atoms with Crippen LogP contribution in [0, 0.1) is 6.92 Å². The van der Waals surface area contributed by atoms with Gasteiger partial charge in [-0.3, -0.25) is 9.59 Å². The number of carbonyl (C=O) groups is 2. The molecule has 1 N–H and O–H groups in total. The van der Waals surface area contributed by atoms with Crippen LogP contribution >= 0.6 is 0 Å². The summed E-state index contributed by atoms with van der Waals surface area (Å²) >= 11 is 0. The minimum atomic E-state index is -0.423. The molecule has 2 rings (SSSR count). The fourth-order valence-corrected chi connectivity index (χ4v) is 2.31. The number of nitrogens with one attached hydrogen (secondary N) is 1. The van der Waals surface area contributed by atoms with Gasteiger partial charge in [-0.15, -0.1) is 0 Å². The Kier molecular flexibility index (Phi) is 3.45. The summed E-state index contributed by atoms with van der Waals surface area (Å²) in [5.41, 5.74) is 1.50. The van der Waals surface area contributed by atoms with Crippen molar-refractivity contribution in [3.05, 3.63) is 29.8 Å². The second-order valence-corrected chi connectivity index (χ2v) is 6.06. The quantitative estimate of drug-likeness (QED) is 0.828. The van der Waals surface area contributed by atoms with Crippen LogP contribution in [-0.2, 0) is 9.59 Å². The Bertz CT molecular complexity index is 517. The largest absolute Gasteiger partial charge is 0.301 e. The number of anilines is 1. The fourth-order valence-electron chi connectivity index (χ4n) is 2.31. The summed E-state index contributed by atoms with van der Waals surface area (Å²) in [6.45, 7) is 7.90. The Hall–Kier alpha value is -1.68. The lowest BCUT2D eigenvalue weighted by molar-refractivity contribution is -0.121. The first-order valence-electron chi connectivity index (χ1n) is 6.49. The molecule has 0 saturated carbocycles. The minimum absolute atomic E-state index is 0.141. The van der Waals surface area contributed by atoms with E-state index in [0.29, 0.717) is 5.69 Å². The summed E-state index contributed by atoms with van der Waals surface area (Å²) in [6.07, 6.45) is 0.226. The third-order valence-corrected chi connectivity index (χ3v) is 3.01. The highest BCUT2D eigenvalue weighted by Crippen LogP contribution is 2.24. The second-order valence-electron chi connectivity index (χ2n) is 6.06. The van der Waals surface area contributed by atoms with Crippen LogP contribution in [0.4, 0.5) is 5.69 Å². The van der Waals surface area contributed by atoms with Crippen molar-refractivity contribution < 1.29 is 9.59 Å². The fraction of sp³-hybridized carbons (Fsp3) is 0.467. The lowest BCUT2D eigenvalue weighted by atomic mass is 10.1. The number of rotatable bonds is 2. The Morgan fingerprint density at radius 3 is 2.53 bits per heavy atom. The zero-order chi connectivity index (χ0) is 14.2. The summed E-state index contributed by atoms with van der Waals surface area (Å²) in [6, 6.07) is 7.03. The third-order valence-electron chi connectivity index (χ3n) is 3.01. The zero-order valence-corrected chi connectivity index (χ0v) is 11.9. The van der Waals surface area contributed by atoms with Crippen molar-refractivity contribution in [2.75, 3.05) is 4.90 Å². The summed E-state index contributed by atoms with van der Waals surface area (Å²) in [7, 11) is 0. The molecule has 102 valence electrons. The summed E-state index contributed by atoms with van der Waals surface area (Å²) in [5, 5.41) is 3.20. The van der Waals surface area contributed by atoms with E-state index >= 15 is 0 Å². The van der Waals surface area contributed by atoms with Crippen LogP contribution in [0.15, 0.2) is 24.3 Å². The number of hydrogen-bond donors (Lipinski definition) is 1. The van der Waals surface area contributed by atoms with Crippen molar-refractivity contribution in [1.29, 1.82) is 0 Å². The van der Waals surface area contributed by atoms with Gasteiger partial charge in [0, 0.05) is 5.54 Å². The van der Waals surface area contributed by atoms with Crippen molar-refractivity contribution in [3.8, 4) is 0 Å². The van der Waals surface area contributed by atoms with E-state index in [9.17, 15) is 9.59 Å². The van der Waals surface area contributed by atoms with Crippen molar-refractivity contribution in [3.63, 3.8) is 0 Å². The smallest absolute Gasteiger partial charge is 0.251 e. The van der Waals surface area contributed by atoms with Crippen molar-refractivity contribution in [1.82, 2.24) is 5.32 Å². The van der Waals surface area contributed by atoms with Crippen molar-refractivity contribution in [2.45, 2.75) is 45.7 Å². The molecule has 1 aromatic carbocycles. The molecular weight excluding hydrogens is 240 g/mol. The van der Waals surface area contributed by atoms with E-state index in [4.69, 9.17) is 0 Å². The highest BCUT2D eigenvalue weighted by molar-refractivity contribution is 6.22. The van der Waals surface area contributed by atoms with Gasteiger partial charge in [0.2, 0.25) is 5.91 Å². The van der Waals surface area contributed by atoms with E-state index < -0.39 is 6.04 Å². The van der Waals surface area contributed by atoms with Gasteiger partial charge in [0.25, 0.3) is 5.91 Å². The maximum Gasteiger partial charge on any atom is 0.251 e. The molecular formula is C15H20N2O2.